The molecule has 0 aliphatic heterocycles. The molecule has 7 nitrogen and oxygen atoms in total. The van der Waals surface area contributed by atoms with Crippen LogP contribution in [-0.2, 0) is 26.2 Å². The van der Waals surface area contributed by atoms with Gasteiger partial charge in [-0.15, -0.1) is 0 Å². The molecule has 0 aliphatic carbocycles. The fraction of sp³-hybridized carbons (Fsp3) is 0.355. The van der Waals surface area contributed by atoms with E-state index in [4.69, 9.17) is 0 Å². The van der Waals surface area contributed by atoms with Gasteiger partial charge < -0.3 is 10.2 Å². The number of aryl methyl sites for hydroxylation is 2. The second-order valence-electron chi connectivity index (χ2n) is 10.1. The normalized spacial score (nSPS) is 12.8. The van der Waals surface area contributed by atoms with Gasteiger partial charge in [0.05, 0.1) is 10.6 Å². The number of nitrogens with zero attached hydrogens (tertiary/aromatic N) is 2. The molecule has 0 aromatic heterocycles. The van der Waals surface area contributed by atoms with Crippen molar-refractivity contribution in [2.75, 3.05) is 10.8 Å². The van der Waals surface area contributed by atoms with Gasteiger partial charge in [0.15, 0.2) is 0 Å². The minimum absolute atomic E-state index is 0.0830. The van der Waals surface area contributed by atoms with Crippen molar-refractivity contribution in [2.45, 2.75) is 71.0 Å². The molecule has 0 saturated heterocycles. The lowest BCUT2D eigenvalue weighted by molar-refractivity contribution is -0.140. The molecule has 0 saturated carbocycles. The highest BCUT2D eigenvalue weighted by atomic mass is 32.2. The lowest BCUT2D eigenvalue weighted by atomic mass is 10.1. The molecule has 3 rings (SSSR count). The SMILES string of the molecule is CC[C@@H](C)NC(=O)[C@H](CC)N(Cc1cccc(C)c1)C(=O)CN(c1ccc(C)cc1)S(=O)(=O)c1ccc(F)cc1. The van der Waals surface area contributed by atoms with E-state index in [9.17, 15) is 22.4 Å². The number of sulfonamides is 1. The Morgan fingerprint density at radius 2 is 1.55 bits per heavy atom. The van der Waals surface area contributed by atoms with Crippen molar-refractivity contribution >= 4 is 27.5 Å². The van der Waals surface area contributed by atoms with Crippen LogP contribution in [0.5, 0.6) is 0 Å². The van der Waals surface area contributed by atoms with Crippen molar-refractivity contribution in [1.82, 2.24) is 10.2 Å². The fourth-order valence-electron chi connectivity index (χ4n) is 4.34. The zero-order chi connectivity index (χ0) is 29.4. The Bertz CT molecular complexity index is 1410. The van der Waals surface area contributed by atoms with E-state index in [-0.39, 0.29) is 29.1 Å². The first kappa shape index (κ1) is 30.8. The molecule has 3 aromatic rings. The minimum atomic E-state index is -4.25. The summed E-state index contributed by atoms with van der Waals surface area (Å²) < 4.78 is 42.2. The van der Waals surface area contributed by atoms with Gasteiger partial charge in [-0.1, -0.05) is 61.4 Å². The number of benzene rings is 3. The Hall–Kier alpha value is -3.72. The second-order valence-corrected chi connectivity index (χ2v) is 11.9. The number of carbonyl (C=O) groups excluding carboxylic acids is 2. The lowest BCUT2D eigenvalue weighted by Crippen LogP contribution is -2.53. The van der Waals surface area contributed by atoms with Crippen LogP contribution in [0.2, 0.25) is 0 Å². The van der Waals surface area contributed by atoms with Crippen LogP contribution in [0, 0.1) is 19.7 Å². The second kappa shape index (κ2) is 13.6. The standard InChI is InChI=1S/C31H38FN3O4S/c1-6-24(5)33-31(37)29(7-2)34(20-25-10-8-9-23(4)19-25)30(36)21-35(27-15-11-22(3)12-16-27)40(38,39)28-17-13-26(32)14-18-28/h8-19,24,29H,6-7,20-21H2,1-5H3,(H,33,37)/t24-,29+/m1/s1. The molecular formula is C31H38FN3O4S. The van der Waals surface area contributed by atoms with Crippen LogP contribution >= 0.6 is 0 Å². The topological polar surface area (TPSA) is 86.8 Å². The van der Waals surface area contributed by atoms with Crippen molar-refractivity contribution in [3.8, 4) is 0 Å². The molecule has 2 amide bonds. The Labute approximate surface area is 237 Å². The predicted molar refractivity (Wildman–Crippen MR) is 156 cm³/mol. The molecule has 9 heteroatoms. The zero-order valence-corrected chi connectivity index (χ0v) is 24.5. The van der Waals surface area contributed by atoms with E-state index >= 15 is 0 Å². The maximum absolute atomic E-state index is 14.1. The number of rotatable bonds is 12. The average molecular weight is 568 g/mol. The van der Waals surface area contributed by atoms with Gasteiger partial charge in [0.25, 0.3) is 10.0 Å². The number of nitrogens with one attached hydrogen (secondary N) is 1. The first-order valence-corrected chi connectivity index (χ1v) is 14.9. The molecule has 214 valence electrons. The van der Waals surface area contributed by atoms with E-state index in [0.29, 0.717) is 6.42 Å². The molecule has 2 atom stereocenters. The van der Waals surface area contributed by atoms with Gasteiger partial charge in [-0.05, 0) is 75.6 Å². The summed E-state index contributed by atoms with van der Waals surface area (Å²) in [6.07, 6.45) is 1.07. The quantitative estimate of drug-likeness (QED) is 0.319. The van der Waals surface area contributed by atoms with E-state index < -0.39 is 34.3 Å². The maximum Gasteiger partial charge on any atom is 0.264 e. The van der Waals surface area contributed by atoms with Gasteiger partial charge in [0.2, 0.25) is 11.8 Å². The summed E-state index contributed by atoms with van der Waals surface area (Å²) in [6.45, 7) is 9.08. The number of hydrogen-bond donors (Lipinski definition) is 1. The molecule has 1 N–H and O–H groups in total. The predicted octanol–water partition coefficient (Wildman–Crippen LogP) is 5.36. The monoisotopic (exact) mass is 567 g/mol. The highest BCUT2D eigenvalue weighted by Gasteiger charge is 2.34. The van der Waals surface area contributed by atoms with Gasteiger partial charge in [-0.25, -0.2) is 12.8 Å². The third-order valence-corrected chi connectivity index (χ3v) is 8.61. The molecule has 3 aromatic carbocycles. The van der Waals surface area contributed by atoms with E-state index in [0.717, 1.165) is 39.5 Å². The zero-order valence-electron chi connectivity index (χ0n) is 23.7. The van der Waals surface area contributed by atoms with Crippen LogP contribution in [0.15, 0.2) is 77.7 Å². The summed E-state index contributed by atoms with van der Waals surface area (Å²) in [4.78, 5) is 28.7. The number of amides is 2. The highest BCUT2D eigenvalue weighted by Crippen LogP contribution is 2.25. The Kier molecular flexibility index (Phi) is 10.5. The van der Waals surface area contributed by atoms with Crippen molar-refractivity contribution < 1.29 is 22.4 Å². The first-order chi connectivity index (χ1) is 19.0. The minimum Gasteiger partial charge on any atom is -0.352 e. The largest absolute Gasteiger partial charge is 0.352 e. The van der Waals surface area contributed by atoms with Crippen LogP contribution in [-0.4, -0.2) is 43.8 Å². The molecule has 0 fully saturated rings. The van der Waals surface area contributed by atoms with E-state index in [1.165, 1.54) is 17.0 Å². The Balaban J connectivity index is 2.05. The lowest BCUT2D eigenvalue weighted by Gasteiger charge is -2.33. The molecule has 0 bridgehead atoms. The third kappa shape index (κ3) is 7.69. The van der Waals surface area contributed by atoms with Crippen LogP contribution in [0.4, 0.5) is 10.1 Å². The van der Waals surface area contributed by atoms with Crippen molar-refractivity contribution in [3.05, 3.63) is 95.3 Å². The maximum atomic E-state index is 14.1. The molecular weight excluding hydrogens is 529 g/mol. The van der Waals surface area contributed by atoms with Crippen molar-refractivity contribution in [3.63, 3.8) is 0 Å². The van der Waals surface area contributed by atoms with Gasteiger partial charge in [0.1, 0.15) is 18.4 Å². The molecule has 40 heavy (non-hydrogen) atoms. The number of carbonyl (C=O) groups is 2. The molecule has 0 spiro atoms. The smallest absolute Gasteiger partial charge is 0.264 e. The Morgan fingerprint density at radius 3 is 2.12 bits per heavy atom. The summed E-state index contributed by atoms with van der Waals surface area (Å²) in [5.41, 5.74) is 3.03. The summed E-state index contributed by atoms with van der Waals surface area (Å²) in [5.74, 6) is -1.39. The van der Waals surface area contributed by atoms with Crippen molar-refractivity contribution in [2.24, 2.45) is 0 Å². The van der Waals surface area contributed by atoms with Crippen LogP contribution in [0.25, 0.3) is 0 Å². The average Bonchev–Trinajstić information content (AvgIpc) is 2.92. The Morgan fingerprint density at radius 1 is 0.900 bits per heavy atom. The highest BCUT2D eigenvalue weighted by molar-refractivity contribution is 7.92. The van der Waals surface area contributed by atoms with E-state index in [1.807, 2.05) is 58.9 Å². The number of hydrogen-bond acceptors (Lipinski definition) is 4. The van der Waals surface area contributed by atoms with Crippen molar-refractivity contribution in [1.29, 1.82) is 0 Å². The van der Waals surface area contributed by atoms with Crippen LogP contribution in [0.3, 0.4) is 0 Å². The van der Waals surface area contributed by atoms with Gasteiger partial charge >= 0.3 is 0 Å². The third-order valence-electron chi connectivity index (χ3n) is 6.82. The van der Waals surface area contributed by atoms with Gasteiger partial charge in [-0.3, -0.25) is 13.9 Å². The van der Waals surface area contributed by atoms with E-state index in [1.54, 1.807) is 24.3 Å². The summed E-state index contributed by atoms with van der Waals surface area (Å²) in [7, 11) is -4.25. The number of halogens is 1. The molecule has 0 unspecified atom stereocenters. The van der Waals surface area contributed by atoms with Crippen LogP contribution in [0.1, 0.15) is 50.3 Å². The summed E-state index contributed by atoms with van der Waals surface area (Å²) in [6, 6.07) is 18.0. The van der Waals surface area contributed by atoms with E-state index in [2.05, 4.69) is 5.32 Å². The fourth-order valence-corrected chi connectivity index (χ4v) is 5.76. The molecule has 0 aliphatic rings. The molecule has 0 heterocycles. The number of anilines is 1. The molecule has 0 radical (unpaired) electrons. The van der Waals surface area contributed by atoms with Crippen LogP contribution < -0.4 is 9.62 Å². The van der Waals surface area contributed by atoms with Gasteiger partial charge in [-0.2, -0.15) is 0 Å². The first-order valence-electron chi connectivity index (χ1n) is 13.5. The summed E-state index contributed by atoms with van der Waals surface area (Å²) in [5, 5.41) is 2.97. The van der Waals surface area contributed by atoms with Gasteiger partial charge in [0, 0.05) is 12.6 Å². The summed E-state index contributed by atoms with van der Waals surface area (Å²) >= 11 is 0.